The van der Waals surface area contributed by atoms with Gasteiger partial charge in [-0.1, -0.05) is 49.7 Å². The third-order valence-corrected chi connectivity index (χ3v) is 5.46. The van der Waals surface area contributed by atoms with Crippen molar-refractivity contribution < 1.29 is 13.5 Å². The molecule has 0 saturated heterocycles. The van der Waals surface area contributed by atoms with E-state index in [4.69, 9.17) is 4.74 Å². The Hall–Kier alpha value is -2.41. The van der Waals surface area contributed by atoms with Crippen molar-refractivity contribution >= 4 is 27.7 Å². The van der Waals surface area contributed by atoms with Crippen LogP contribution in [0.5, 0.6) is 11.5 Å². The predicted octanol–water partition coefficient (Wildman–Crippen LogP) is 5.44. The van der Waals surface area contributed by atoms with Crippen molar-refractivity contribution in [3.8, 4) is 11.5 Å². The molecule has 0 bridgehead atoms. The Morgan fingerprint density at radius 1 is 1.00 bits per heavy atom. The maximum absolute atomic E-state index is 11.9. The Morgan fingerprint density at radius 3 is 2.48 bits per heavy atom. The quantitative estimate of drug-likeness (QED) is 0.476. The minimum Gasteiger partial charge on any atom is -0.456 e. The summed E-state index contributed by atoms with van der Waals surface area (Å²) in [4.78, 5) is 2.06. The summed E-state index contributed by atoms with van der Waals surface area (Å²) in [5.74, 6) is 1.54. The van der Waals surface area contributed by atoms with Crippen LogP contribution in [0.3, 0.4) is 0 Å². The van der Waals surface area contributed by atoms with Crippen LogP contribution in [0.1, 0.15) is 25.3 Å². The largest absolute Gasteiger partial charge is 0.456 e. The van der Waals surface area contributed by atoms with Crippen molar-refractivity contribution in [2.75, 3.05) is 24.9 Å². The van der Waals surface area contributed by atoms with Crippen molar-refractivity contribution in [1.29, 1.82) is 0 Å². The van der Waals surface area contributed by atoms with Crippen molar-refractivity contribution in [3.05, 3.63) is 66.2 Å². The molecule has 1 atom stereocenters. The van der Waals surface area contributed by atoms with E-state index in [9.17, 15) is 8.76 Å². The molecule has 29 heavy (non-hydrogen) atoms. The molecule has 0 aliphatic rings. The highest BCUT2D eigenvalue weighted by atomic mass is 32.2. The van der Waals surface area contributed by atoms with Gasteiger partial charge in [0.05, 0.1) is 5.69 Å². The van der Waals surface area contributed by atoms with E-state index in [0.29, 0.717) is 13.1 Å². The molecule has 0 aliphatic heterocycles. The zero-order chi connectivity index (χ0) is 20.8. The van der Waals surface area contributed by atoms with Gasteiger partial charge in [0.2, 0.25) is 0 Å². The number of hydrogen-bond acceptors (Lipinski definition) is 3. The lowest BCUT2D eigenvalue weighted by atomic mass is 10.1. The summed E-state index contributed by atoms with van der Waals surface area (Å²) >= 11 is -2.06. The van der Waals surface area contributed by atoms with Crippen LogP contribution in [0.25, 0.3) is 10.8 Å². The molecule has 0 fully saturated rings. The van der Waals surface area contributed by atoms with E-state index in [-0.39, 0.29) is 0 Å². The predicted molar refractivity (Wildman–Crippen MR) is 121 cm³/mol. The Labute approximate surface area is 175 Å². The minimum absolute atomic E-state index is 0.532. The average Bonchev–Trinajstić information content (AvgIpc) is 2.69. The Bertz CT molecular complexity index is 986. The van der Waals surface area contributed by atoms with Crippen LogP contribution in [0.2, 0.25) is 0 Å². The van der Waals surface area contributed by atoms with Crippen LogP contribution >= 0.6 is 0 Å². The normalized spacial score (nSPS) is 12.3. The van der Waals surface area contributed by atoms with Gasteiger partial charge in [-0.3, -0.25) is 8.86 Å². The number of ether oxygens (including phenoxy) is 1. The van der Waals surface area contributed by atoms with Gasteiger partial charge in [-0.05, 0) is 50.2 Å². The average molecular weight is 413 g/mol. The molecule has 0 heterocycles. The summed E-state index contributed by atoms with van der Waals surface area (Å²) < 4.78 is 29.4. The molecule has 6 heteroatoms. The van der Waals surface area contributed by atoms with E-state index in [0.717, 1.165) is 46.4 Å². The first-order valence-electron chi connectivity index (χ1n) is 9.81. The summed E-state index contributed by atoms with van der Waals surface area (Å²) in [6, 6.07) is 19.8. The van der Waals surface area contributed by atoms with Crippen molar-refractivity contribution in [2.45, 2.75) is 26.3 Å². The first kappa shape index (κ1) is 21.3. The monoisotopic (exact) mass is 412 g/mol. The lowest BCUT2D eigenvalue weighted by Gasteiger charge is -2.22. The van der Waals surface area contributed by atoms with E-state index in [1.54, 1.807) is 0 Å². The van der Waals surface area contributed by atoms with E-state index >= 15 is 0 Å². The summed E-state index contributed by atoms with van der Waals surface area (Å²) in [5, 5.41) is 2.17. The molecule has 3 aromatic rings. The molecule has 1 unspecified atom stereocenters. The van der Waals surface area contributed by atoms with Crippen molar-refractivity contribution in [3.63, 3.8) is 0 Å². The van der Waals surface area contributed by atoms with Crippen molar-refractivity contribution in [2.24, 2.45) is 0 Å². The molecule has 0 spiro atoms. The second kappa shape index (κ2) is 9.87. The fraction of sp³-hybridized carbons (Fsp3) is 0.304. The Balaban J connectivity index is 1.98. The molecule has 3 rings (SSSR count). The summed E-state index contributed by atoms with van der Waals surface area (Å²) in [6.45, 7) is 3.26. The Kier molecular flexibility index (Phi) is 7.25. The van der Waals surface area contributed by atoms with Gasteiger partial charge < -0.3 is 9.64 Å². The standard InChI is InChI=1S/C23H28N2O3S/c1-4-5-15-25(29(26)27)20-13-14-22(19(16-20)17-24(2)3)28-23-12-8-10-18-9-6-7-11-21(18)23/h6-14,16H,4-5,15,17H2,1-3H3,(H,26,27). The molecule has 3 aromatic carbocycles. The minimum atomic E-state index is -2.06. The van der Waals surface area contributed by atoms with E-state index in [1.807, 2.05) is 62.6 Å². The number of anilines is 1. The first-order valence-corrected chi connectivity index (χ1v) is 10.9. The van der Waals surface area contributed by atoms with Crippen LogP contribution < -0.4 is 9.04 Å². The van der Waals surface area contributed by atoms with Gasteiger partial charge >= 0.3 is 0 Å². The second-order valence-electron chi connectivity index (χ2n) is 7.30. The highest BCUT2D eigenvalue weighted by molar-refractivity contribution is 7.80. The van der Waals surface area contributed by atoms with Gasteiger partial charge in [0.15, 0.2) is 0 Å². The summed E-state index contributed by atoms with van der Waals surface area (Å²) in [6.07, 6.45) is 1.81. The summed E-state index contributed by atoms with van der Waals surface area (Å²) in [5.41, 5.74) is 1.69. The smallest absolute Gasteiger partial charge is 0.261 e. The second-order valence-corrected chi connectivity index (χ2v) is 8.20. The van der Waals surface area contributed by atoms with Gasteiger partial charge in [0.1, 0.15) is 11.5 Å². The third kappa shape index (κ3) is 5.35. The lowest BCUT2D eigenvalue weighted by molar-refractivity contribution is 0.389. The van der Waals surface area contributed by atoms with E-state index < -0.39 is 11.3 Å². The number of fused-ring (bicyclic) bond motifs is 1. The van der Waals surface area contributed by atoms with Crippen LogP contribution in [-0.4, -0.2) is 34.3 Å². The molecule has 5 nitrogen and oxygen atoms in total. The van der Waals surface area contributed by atoms with Gasteiger partial charge in [-0.15, -0.1) is 0 Å². The fourth-order valence-electron chi connectivity index (χ4n) is 3.29. The zero-order valence-corrected chi connectivity index (χ0v) is 18.0. The third-order valence-electron chi connectivity index (χ3n) is 4.69. The van der Waals surface area contributed by atoms with E-state index in [1.165, 1.54) is 4.31 Å². The number of benzene rings is 3. The number of unbranched alkanes of at least 4 members (excludes halogenated alkanes) is 1. The van der Waals surface area contributed by atoms with Crippen LogP contribution in [0.15, 0.2) is 60.7 Å². The topological polar surface area (TPSA) is 53.0 Å². The SMILES string of the molecule is CCCCN(c1ccc(Oc2cccc3ccccc23)c(CN(C)C)c1)S(=O)O. The molecule has 0 amide bonds. The fourth-order valence-corrected chi connectivity index (χ4v) is 3.87. The first-order chi connectivity index (χ1) is 14.0. The van der Waals surface area contributed by atoms with Gasteiger partial charge in [0.25, 0.3) is 11.3 Å². The van der Waals surface area contributed by atoms with Crippen LogP contribution in [-0.2, 0) is 17.8 Å². The zero-order valence-electron chi connectivity index (χ0n) is 17.2. The van der Waals surface area contributed by atoms with Crippen molar-refractivity contribution in [1.82, 2.24) is 4.90 Å². The maximum atomic E-state index is 11.9. The maximum Gasteiger partial charge on any atom is 0.261 e. The van der Waals surface area contributed by atoms with Crippen LogP contribution in [0, 0.1) is 0 Å². The number of nitrogens with zero attached hydrogens (tertiary/aromatic N) is 2. The van der Waals surface area contributed by atoms with Gasteiger partial charge in [0, 0.05) is 24.0 Å². The lowest BCUT2D eigenvalue weighted by Crippen LogP contribution is -2.26. The van der Waals surface area contributed by atoms with Gasteiger partial charge in [-0.2, -0.15) is 0 Å². The molecule has 1 N–H and O–H groups in total. The molecule has 0 radical (unpaired) electrons. The molecule has 0 aliphatic carbocycles. The highest BCUT2D eigenvalue weighted by Gasteiger charge is 2.16. The Morgan fingerprint density at radius 2 is 1.76 bits per heavy atom. The van der Waals surface area contributed by atoms with Gasteiger partial charge in [-0.25, -0.2) is 4.21 Å². The van der Waals surface area contributed by atoms with E-state index in [2.05, 4.69) is 24.0 Å². The van der Waals surface area contributed by atoms with Crippen LogP contribution in [0.4, 0.5) is 5.69 Å². The number of rotatable bonds is 9. The summed E-state index contributed by atoms with van der Waals surface area (Å²) in [7, 11) is 3.99. The molecular weight excluding hydrogens is 384 g/mol. The molecule has 154 valence electrons. The molecular formula is C23H28N2O3S. The molecule has 0 aromatic heterocycles. The molecule has 0 saturated carbocycles. The highest BCUT2D eigenvalue weighted by Crippen LogP contribution is 2.34. The number of hydrogen-bond donors (Lipinski definition) is 1.